The molecule has 0 aliphatic carbocycles. The average molecular weight is 306 g/mol. The Hall–Kier alpha value is -2.04. The number of rotatable bonds is 9. The fraction of sp³-hybridized carbons (Fsp3) is 0.529. The van der Waals surface area contributed by atoms with Crippen molar-refractivity contribution in [2.45, 2.75) is 33.1 Å². The van der Waals surface area contributed by atoms with Crippen molar-refractivity contribution >= 4 is 11.8 Å². The highest BCUT2D eigenvalue weighted by molar-refractivity contribution is 5.79. The highest BCUT2D eigenvalue weighted by Gasteiger charge is 2.13. The molecular formula is C17H26N2O3. The zero-order valence-electron chi connectivity index (χ0n) is 13.6. The molecule has 122 valence electrons. The third-order valence-electron chi connectivity index (χ3n) is 3.63. The second-order valence-electron chi connectivity index (χ2n) is 5.18. The van der Waals surface area contributed by atoms with Gasteiger partial charge in [-0.25, -0.2) is 0 Å². The van der Waals surface area contributed by atoms with E-state index in [9.17, 15) is 9.59 Å². The van der Waals surface area contributed by atoms with Crippen LogP contribution in [0, 0.1) is 5.92 Å². The second-order valence-corrected chi connectivity index (χ2v) is 5.18. The van der Waals surface area contributed by atoms with E-state index >= 15 is 0 Å². The zero-order valence-corrected chi connectivity index (χ0v) is 13.6. The van der Waals surface area contributed by atoms with E-state index in [1.54, 1.807) is 7.11 Å². The van der Waals surface area contributed by atoms with Crippen LogP contribution in [-0.4, -0.2) is 32.0 Å². The first-order valence-electron chi connectivity index (χ1n) is 7.78. The fourth-order valence-electron chi connectivity index (χ4n) is 2.18. The second kappa shape index (κ2) is 9.82. The summed E-state index contributed by atoms with van der Waals surface area (Å²) in [6.45, 7) is 4.92. The average Bonchev–Trinajstić information content (AvgIpc) is 2.53. The molecule has 0 aliphatic rings. The van der Waals surface area contributed by atoms with Crippen molar-refractivity contribution in [2.24, 2.45) is 5.92 Å². The van der Waals surface area contributed by atoms with E-state index in [1.807, 2.05) is 38.1 Å². The number of ether oxygens (including phenoxy) is 1. The first kappa shape index (κ1) is 18.0. The Bertz CT molecular complexity index is 467. The van der Waals surface area contributed by atoms with Crippen LogP contribution in [0.3, 0.4) is 0 Å². The van der Waals surface area contributed by atoms with Gasteiger partial charge in [-0.15, -0.1) is 0 Å². The van der Waals surface area contributed by atoms with Gasteiger partial charge in [0, 0.05) is 19.0 Å². The van der Waals surface area contributed by atoms with Crippen LogP contribution >= 0.6 is 0 Å². The van der Waals surface area contributed by atoms with Gasteiger partial charge < -0.3 is 15.4 Å². The molecule has 2 N–H and O–H groups in total. The highest BCUT2D eigenvalue weighted by atomic mass is 16.5. The molecule has 1 aromatic rings. The lowest BCUT2D eigenvalue weighted by Crippen LogP contribution is -2.37. The van der Waals surface area contributed by atoms with Gasteiger partial charge in [0.1, 0.15) is 5.75 Å². The van der Waals surface area contributed by atoms with Crippen molar-refractivity contribution in [2.75, 3.05) is 20.2 Å². The molecule has 0 bridgehead atoms. The predicted octanol–water partition coefficient (Wildman–Crippen LogP) is 1.91. The summed E-state index contributed by atoms with van der Waals surface area (Å²) in [6.07, 6.45) is 2.00. The predicted molar refractivity (Wildman–Crippen MR) is 86.8 cm³/mol. The highest BCUT2D eigenvalue weighted by Crippen LogP contribution is 2.11. The van der Waals surface area contributed by atoms with Gasteiger partial charge in [-0.1, -0.05) is 26.0 Å². The smallest absolute Gasteiger partial charge is 0.224 e. The van der Waals surface area contributed by atoms with Crippen LogP contribution in [0.4, 0.5) is 0 Å². The van der Waals surface area contributed by atoms with Gasteiger partial charge in [0.05, 0.1) is 13.5 Å². The largest absolute Gasteiger partial charge is 0.497 e. The van der Waals surface area contributed by atoms with Crippen molar-refractivity contribution in [1.82, 2.24) is 10.6 Å². The summed E-state index contributed by atoms with van der Waals surface area (Å²) in [5, 5.41) is 5.65. The monoisotopic (exact) mass is 306 g/mol. The minimum Gasteiger partial charge on any atom is -0.497 e. The molecule has 0 fully saturated rings. The minimum atomic E-state index is -0.0538. The third-order valence-corrected chi connectivity index (χ3v) is 3.63. The maximum Gasteiger partial charge on any atom is 0.224 e. The van der Waals surface area contributed by atoms with Crippen molar-refractivity contribution < 1.29 is 14.3 Å². The number of methoxy groups -OCH3 is 1. The summed E-state index contributed by atoms with van der Waals surface area (Å²) < 4.78 is 5.07. The molecular weight excluding hydrogens is 280 g/mol. The lowest BCUT2D eigenvalue weighted by molar-refractivity contribution is -0.125. The number of hydrogen-bond acceptors (Lipinski definition) is 3. The van der Waals surface area contributed by atoms with E-state index < -0.39 is 0 Å². The number of amides is 2. The number of carbonyl (C=O) groups is 2. The first-order chi connectivity index (χ1) is 10.6. The number of nitrogens with one attached hydrogen (secondary N) is 2. The van der Waals surface area contributed by atoms with Crippen LogP contribution in [0.5, 0.6) is 5.75 Å². The van der Waals surface area contributed by atoms with E-state index in [0.29, 0.717) is 19.5 Å². The summed E-state index contributed by atoms with van der Waals surface area (Å²) >= 11 is 0. The van der Waals surface area contributed by atoms with Gasteiger partial charge in [-0.05, 0) is 30.5 Å². The topological polar surface area (TPSA) is 67.4 Å². The molecule has 1 rings (SSSR count). The van der Waals surface area contributed by atoms with Gasteiger partial charge in [0.25, 0.3) is 0 Å². The zero-order chi connectivity index (χ0) is 16.4. The minimum absolute atomic E-state index is 0.0538. The van der Waals surface area contributed by atoms with E-state index in [4.69, 9.17) is 4.74 Å². The van der Waals surface area contributed by atoms with E-state index in [2.05, 4.69) is 10.6 Å². The summed E-state index contributed by atoms with van der Waals surface area (Å²) in [4.78, 5) is 23.6. The molecule has 5 heteroatoms. The third kappa shape index (κ3) is 6.16. The van der Waals surface area contributed by atoms with Crippen LogP contribution in [0.1, 0.15) is 32.3 Å². The maximum absolute atomic E-state index is 11.8. The van der Waals surface area contributed by atoms with Crippen molar-refractivity contribution in [3.05, 3.63) is 29.8 Å². The Morgan fingerprint density at radius 1 is 1.05 bits per heavy atom. The lowest BCUT2D eigenvalue weighted by Gasteiger charge is -2.13. The molecule has 0 spiro atoms. The van der Waals surface area contributed by atoms with Crippen LogP contribution in [0.2, 0.25) is 0 Å². The molecule has 0 radical (unpaired) electrons. The Kier molecular flexibility index (Phi) is 8.04. The van der Waals surface area contributed by atoms with Gasteiger partial charge in [-0.3, -0.25) is 9.59 Å². The molecule has 0 atom stereocenters. The van der Waals surface area contributed by atoms with Crippen LogP contribution in [0.25, 0.3) is 0 Å². The van der Waals surface area contributed by atoms with Gasteiger partial charge in [0.15, 0.2) is 0 Å². The summed E-state index contributed by atoms with van der Waals surface area (Å²) in [5.41, 5.74) is 0.930. The molecule has 1 aromatic carbocycles. The van der Waals surface area contributed by atoms with E-state index in [-0.39, 0.29) is 17.7 Å². The van der Waals surface area contributed by atoms with Crippen molar-refractivity contribution in [3.63, 3.8) is 0 Å². The number of hydrogen-bond donors (Lipinski definition) is 2. The molecule has 5 nitrogen and oxygen atoms in total. The summed E-state index contributed by atoms with van der Waals surface area (Å²) in [6, 6.07) is 7.40. The number of carbonyl (C=O) groups excluding carboxylic acids is 2. The summed E-state index contributed by atoms with van der Waals surface area (Å²) in [5.74, 6) is 0.847. The van der Waals surface area contributed by atoms with Gasteiger partial charge in [-0.2, -0.15) is 0 Å². The van der Waals surface area contributed by atoms with Gasteiger partial charge in [0.2, 0.25) is 11.8 Å². The SMILES string of the molecule is CCC(CC)C(=O)NCCNC(=O)Cc1ccc(OC)cc1. The molecule has 0 saturated heterocycles. The quantitative estimate of drug-likeness (QED) is 0.685. The van der Waals surface area contributed by atoms with Crippen LogP contribution in [-0.2, 0) is 16.0 Å². The van der Waals surface area contributed by atoms with Gasteiger partial charge >= 0.3 is 0 Å². The Morgan fingerprint density at radius 3 is 2.18 bits per heavy atom. The lowest BCUT2D eigenvalue weighted by atomic mass is 10.0. The molecule has 2 amide bonds. The van der Waals surface area contributed by atoms with Crippen molar-refractivity contribution in [1.29, 1.82) is 0 Å². The van der Waals surface area contributed by atoms with E-state index in [0.717, 1.165) is 24.2 Å². The summed E-state index contributed by atoms with van der Waals surface area (Å²) in [7, 11) is 1.61. The standard InChI is InChI=1S/C17H26N2O3/c1-4-14(5-2)17(21)19-11-10-18-16(20)12-13-6-8-15(22-3)9-7-13/h6-9,14H,4-5,10-12H2,1-3H3,(H,18,20)(H,19,21). The fourth-order valence-corrected chi connectivity index (χ4v) is 2.18. The molecule has 0 aromatic heterocycles. The Labute approximate surface area is 132 Å². The molecule has 0 unspecified atom stereocenters. The van der Waals surface area contributed by atoms with Crippen molar-refractivity contribution in [3.8, 4) is 5.75 Å². The van der Waals surface area contributed by atoms with Crippen LogP contribution in [0.15, 0.2) is 24.3 Å². The number of benzene rings is 1. The maximum atomic E-state index is 11.8. The molecule has 0 saturated carbocycles. The van der Waals surface area contributed by atoms with Crippen LogP contribution < -0.4 is 15.4 Å². The Balaban J connectivity index is 2.24. The molecule has 0 heterocycles. The normalized spacial score (nSPS) is 10.4. The molecule has 22 heavy (non-hydrogen) atoms. The molecule has 0 aliphatic heterocycles. The Morgan fingerprint density at radius 2 is 1.64 bits per heavy atom. The van der Waals surface area contributed by atoms with E-state index in [1.165, 1.54) is 0 Å². The first-order valence-corrected chi connectivity index (χ1v) is 7.78.